The Hall–Kier alpha value is -0.650. The van der Waals surface area contributed by atoms with Crippen molar-refractivity contribution in [3.8, 4) is 0 Å². The van der Waals surface area contributed by atoms with E-state index in [2.05, 4.69) is 16.7 Å². The SMILES string of the molecule is CC(=O)N1C[C@@H]2CN(CC3CC3)CCN2[C@](C)(CO)C1. The molecule has 5 nitrogen and oxygen atoms in total. The molecule has 1 saturated carbocycles. The summed E-state index contributed by atoms with van der Waals surface area (Å²) in [4.78, 5) is 18.7. The van der Waals surface area contributed by atoms with Crippen LogP contribution in [0.25, 0.3) is 0 Å². The second-order valence-electron chi connectivity index (χ2n) is 7.10. The summed E-state index contributed by atoms with van der Waals surface area (Å²) in [7, 11) is 0. The normalized spacial score (nSPS) is 36.0. The number of piperazine rings is 2. The van der Waals surface area contributed by atoms with Crippen LogP contribution in [-0.2, 0) is 4.79 Å². The van der Waals surface area contributed by atoms with E-state index in [1.807, 2.05) is 4.90 Å². The molecule has 1 N–H and O–H groups in total. The van der Waals surface area contributed by atoms with Crippen LogP contribution in [-0.4, -0.2) is 83.2 Å². The van der Waals surface area contributed by atoms with Gasteiger partial charge in [0, 0.05) is 52.2 Å². The van der Waals surface area contributed by atoms with Gasteiger partial charge >= 0.3 is 0 Å². The summed E-state index contributed by atoms with van der Waals surface area (Å²) >= 11 is 0. The number of fused-ring (bicyclic) bond motifs is 1. The van der Waals surface area contributed by atoms with Crippen molar-refractivity contribution in [2.75, 3.05) is 45.9 Å². The van der Waals surface area contributed by atoms with Crippen molar-refractivity contribution < 1.29 is 9.90 Å². The van der Waals surface area contributed by atoms with Gasteiger partial charge in [-0.05, 0) is 25.7 Å². The largest absolute Gasteiger partial charge is 0.394 e. The summed E-state index contributed by atoms with van der Waals surface area (Å²) in [5, 5.41) is 9.82. The second kappa shape index (κ2) is 5.28. The van der Waals surface area contributed by atoms with E-state index in [9.17, 15) is 9.90 Å². The number of aliphatic hydroxyl groups excluding tert-OH is 1. The molecule has 1 aliphatic carbocycles. The van der Waals surface area contributed by atoms with Crippen molar-refractivity contribution in [2.45, 2.75) is 38.3 Å². The molecular weight excluding hydrogens is 254 g/mol. The van der Waals surface area contributed by atoms with Gasteiger partial charge in [0.25, 0.3) is 0 Å². The van der Waals surface area contributed by atoms with Gasteiger partial charge in [0.15, 0.2) is 0 Å². The fourth-order valence-electron chi connectivity index (χ4n) is 3.82. The molecule has 5 heteroatoms. The number of amides is 1. The first kappa shape index (κ1) is 14.3. The first-order valence-corrected chi connectivity index (χ1v) is 7.87. The molecule has 2 aliphatic heterocycles. The van der Waals surface area contributed by atoms with Crippen molar-refractivity contribution in [3.05, 3.63) is 0 Å². The molecule has 0 aromatic heterocycles. The molecule has 1 amide bonds. The van der Waals surface area contributed by atoms with Crippen LogP contribution in [0.15, 0.2) is 0 Å². The Balaban J connectivity index is 1.71. The highest BCUT2D eigenvalue weighted by Gasteiger charge is 2.45. The van der Waals surface area contributed by atoms with Gasteiger partial charge in [-0.25, -0.2) is 0 Å². The fraction of sp³-hybridized carbons (Fsp3) is 0.933. The van der Waals surface area contributed by atoms with Gasteiger partial charge in [-0.1, -0.05) is 0 Å². The molecule has 2 atom stereocenters. The second-order valence-corrected chi connectivity index (χ2v) is 7.10. The van der Waals surface area contributed by atoms with E-state index in [4.69, 9.17) is 0 Å². The Morgan fingerprint density at radius 1 is 1.30 bits per heavy atom. The summed E-state index contributed by atoms with van der Waals surface area (Å²) in [6.45, 7) is 9.68. The maximum atomic E-state index is 11.8. The Bertz CT molecular complexity index is 385. The quantitative estimate of drug-likeness (QED) is 0.791. The third-order valence-corrected chi connectivity index (χ3v) is 5.22. The molecule has 0 aromatic rings. The number of carbonyl (C=O) groups is 1. The standard InChI is InChI=1S/C15H27N3O2/c1-12(20)17-9-14-8-16(7-13-3-4-13)5-6-18(14)15(2,10-17)11-19/h13-14,19H,3-11H2,1-2H3/t14-,15-/m0/s1. The Morgan fingerprint density at radius 3 is 2.65 bits per heavy atom. The zero-order chi connectivity index (χ0) is 14.3. The van der Waals surface area contributed by atoms with Crippen LogP contribution >= 0.6 is 0 Å². The van der Waals surface area contributed by atoms with Crippen LogP contribution in [0.1, 0.15) is 26.7 Å². The molecule has 0 spiro atoms. The molecule has 20 heavy (non-hydrogen) atoms. The molecule has 0 bridgehead atoms. The highest BCUT2D eigenvalue weighted by molar-refractivity contribution is 5.73. The predicted octanol–water partition coefficient (Wildman–Crippen LogP) is -0.00430. The zero-order valence-corrected chi connectivity index (χ0v) is 12.7. The summed E-state index contributed by atoms with van der Waals surface area (Å²) in [5.41, 5.74) is -0.278. The average Bonchev–Trinajstić information content (AvgIpc) is 3.22. The van der Waals surface area contributed by atoms with Gasteiger partial charge in [0.05, 0.1) is 12.1 Å². The molecule has 114 valence electrons. The smallest absolute Gasteiger partial charge is 0.219 e. The lowest BCUT2D eigenvalue weighted by Gasteiger charge is -2.56. The number of hydrogen-bond acceptors (Lipinski definition) is 4. The molecule has 2 saturated heterocycles. The van der Waals surface area contributed by atoms with E-state index in [1.54, 1.807) is 6.92 Å². The fourth-order valence-corrected chi connectivity index (χ4v) is 3.82. The van der Waals surface area contributed by atoms with E-state index in [0.29, 0.717) is 12.6 Å². The highest BCUT2D eigenvalue weighted by atomic mass is 16.3. The molecule has 3 fully saturated rings. The van der Waals surface area contributed by atoms with E-state index in [1.165, 1.54) is 19.4 Å². The molecule has 3 rings (SSSR count). The first-order valence-electron chi connectivity index (χ1n) is 7.87. The Kier molecular flexibility index (Phi) is 3.77. The van der Waals surface area contributed by atoms with Crippen LogP contribution in [0, 0.1) is 5.92 Å². The van der Waals surface area contributed by atoms with Gasteiger partial charge in [0.1, 0.15) is 0 Å². The minimum Gasteiger partial charge on any atom is -0.394 e. The number of nitrogens with zero attached hydrogens (tertiary/aromatic N) is 3. The molecule has 0 unspecified atom stereocenters. The number of rotatable bonds is 3. The first-order chi connectivity index (χ1) is 9.51. The van der Waals surface area contributed by atoms with Crippen molar-refractivity contribution in [1.82, 2.24) is 14.7 Å². The number of carbonyl (C=O) groups excluding carboxylic acids is 1. The van der Waals surface area contributed by atoms with E-state index in [0.717, 1.165) is 32.1 Å². The monoisotopic (exact) mass is 281 g/mol. The maximum Gasteiger partial charge on any atom is 0.219 e. The number of aliphatic hydroxyl groups is 1. The van der Waals surface area contributed by atoms with Gasteiger partial charge in [-0.15, -0.1) is 0 Å². The van der Waals surface area contributed by atoms with Gasteiger partial charge < -0.3 is 14.9 Å². The average molecular weight is 281 g/mol. The maximum absolute atomic E-state index is 11.8. The molecular formula is C15H27N3O2. The van der Waals surface area contributed by atoms with Crippen molar-refractivity contribution in [1.29, 1.82) is 0 Å². The third-order valence-electron chi connectivity index (χ3n) is 5.22. The van der Waals surface area contributed by atoms with E-state index >= 15 is 0 Å². The van der Waals surface area contributed by atoms with E-state index in [-0.39, 0.29) is 18.1 Å². The molecule has 0 aromatic carbocycles. The van der Waals surface area contributed by atoms with Gasteiger partial charge in [-0.2, -0.15) is 0 Å². The minimum absolute atomic E-state index is 0.121. The van der Waals surface area contributed by atoms with E-state index < -0.39 is 0 Å². The lowest BCUT2D eigenvalue weighted by atomic mass is 9.91. The molecule has 3 aliphatic rings. The third kappa shape index (κ3) is 2.71. The number of hydrogen-bond donors (Lipinski definition) is 1. The van der Waals surface area contributed by atoms with Crippen LogP contribution in [0.3, 0.4) is 0 Å². The predicted molar refractivity (Wildman–Crippen MR) is 77.4 cm³/mol. The van der Waals surface area contributed by atoms with Crippen LogP contribution in [0.2, 0.25) is 0 Å². The van der Waals surface area contributed by atoms with Gasteiger partial charge in [-0.3, -0.25) is 9.69 Å². The summed E-state index contributed by atoms with van der Waals surface area (Å²) < 4.78 is 0. The van der Waals surface area contributed by atoms with Crippen molar-refractivity contribution in [2.24, 2.45) is 5.92 Å². The summed E-state index contributed by atoms with van der Waals surface area (Å²) in [6, 6.07) is 0.373. The van der Waals surface area contributed by atoms with Crippen LogP contribution < -0.4 is 0 Å². The molecule has 2 heterocycles. The lowest BCUT2D eigenvalue weighted by Crippen LogP contribution is -2.72. The van der Waals surface area contributed by atoms with Crippen LogP contribution in [0.5, 0.6) is 0 Å². The lowest BCUT2D eigenvalue weighted by molar-refractivity contribution is -0.143. The Labute approximate surface area is 121 Å². The minimum atomic E-state index is -0.278. The zero-order valence-electron chi connectivity index (χ0n) is 12.7. The topological polar surface area (TPSA) is 47.0 Å². The molecule has 0 radical (unpaired) electrons. The van der Waals surface area contributed by atoms with Crippen molar-refractivity contribution >= 4 is 5.91 Å². The highest BCUT2D eigenvalue weighted by Crippen LogP contribution is 2.32. The summed E-state index contributed by atoms with van der Waals surface area (Å²) in [6.07, 6.45) is 2.78. The Morgan fingerprint density at radius 2 is 2.05 bits per heavy atom. The van der Waals surface area contributed by atoms with Crippen LogP contribution in [0.4, 0.5) is 0 Å². The summed E-state index contributed by atoms with van der Waals surface area (Å²) in [5.74, 6) is 1.04. The van der Waals surface area contributed by atoms with Gasteiger partial charge in [0.2, 0.25) is 5.91 Å². The van der Waals surface area contributed by atoms with Crippen molar-refractivity contribution in [3.63, 3.8) is 0 Å².